The van der Waals surface area contributed by atoms with Crippen LogP contribution in [0.4, 0.5) is 0 Å². The summed E-state index contributed by atoms with van der Waals surface area (Å²) in [6.45, 7) is 3.56. The third kappa shape index (κ3) is 3.28. The first-order chi connectivity index (χ1) is 5.99. The van der Waals surface area contributed by atoms with E-state index in [-0.39, 0.29) is 56.3 Å². The van der Waals surface area contributed by atoms with Gasteiger partial charge in [-0.05, 0) is 31.0 Å². The molecular weight excluding hydrogens is 249 g/mol. The average Bonchev–Trinajstić information content (AvgIpc) is 2.09. The van der Waals surface area contributed by atoms with Crippen LogP contribution in [0.1, 0.15) is 11.1 Å². The van der Waals surface area contributed by atoms with E-state index in [2.05, 4.69) is 4.24 Å². The van der Waals surface area contributed by atoms with Gasteiger partial charge in [0.25, 0.3) is 0 Å². The van der Waals surface area contributed by atoms with E-state index in [1.807, 2.05) is 13.0 Å². The summed E-state index contributed by atoms with van der Waals surface area (Å²) in [6, 6.07) is 4.99. The zero-order chi connectivity index (χ0) is 10.1. The molecule has 0 unspecified atom stereocenters. The van der Waals surface area contributed by atoms with Crippen LogP contribution in [0.2, 0.25) is 0 Å². The molecule has 72 valence electrons. The van der Waals surface area contributed by atoms with Crippen LogP contribution >= 0.6 is 11.8 Å². The van der Waals surface area contributed by atoms with Crippen molar-refractivity contribution >= 4 is 21.8 Å². The van der Waals surface area contributed by atoms with Gasteiger partial charge in [-0.2, -0.15) is 0 Å². The standard InChI is InChI=1S/C8H9ClNO2S.K/c1-6-4-3-5-8(7(6)2)13(11,12)10-9;/h3-5H,1-2H3;/q-1;+1. The molecule has 0 aliphatic carbocycles. The predicted octanol–water partition coefficient (Wildman–Crippen LogP) is -0.476. The molecule has 0 amide bonds. The van der Waals surface area contributed by atoms with Crippen molar-refractivity contribution in [1.82, 2.24) is 0 Å². The van der Waals surface area contributed by atoms with Gasteiger partial charge in [-0.3, -0.25) is 11.8 Å². The third-order valence-electron chi connectivity index (χ3n) is 1.92. The summed E-state index contributed by atoms with van der Waals surface area (Å²) in [4.78, 5) is 0.169. The fourth-order valence-electron chi connectivity index (χ4n) is 1.04. The number of benzene rings is 1. The van der Waals surface area contributed by atoms with Gasteiger partial charge in [-0.15, -0.1) is 0 Å². The van der Waals surface area contributed by atoms with E-state index in [0.29, 0.717) is 5.56 Å². The van der Waals surface area contributed by atoms with Crippen LogP contribution in [0, 0.1) is 13.8 Å². The van der Waals surface area contributed by atoms with Gasteiger partial charge in [0.2, 0.25) is 0 Å². The Labute approximate surface area is 132 Å². The Morgan fingerprint density at radius 3 is 2.36 bits per heavy atom. The van der Waals surface area contributed by atoms with Crippen molar-refractivity contribution < 1.29 is 59.8 Å². The van der Waals surface area contributed by atoms with Gasteiger partial charge < -0.3 is 4.24 Å². The molecule has 1 rings (SSSR count). The van der Waals surface area contributed by atoms with Crippen LogP contribution in [0.5, 0.6) is 0 Å². The Bertz CT molecular complexity index is 419. The summed E-state index contributed by atoms with van der Waals surface area (Å²) in [6.07, 6.45) is 0. The number of hydrogen-bond acceptors (Lipinski definition) is 2. The minimum Gasteiger partial charge on any atom is -0.458 e. The largest absolute Gasteiger partial charge is 1.00 e. The molecule has 14 heavy (non-hydrogen) atoms. The molecular formula is C8H9ClKNO2S. The number of hydrogen-bond donors (Lipinski definition) is 0. The molecule has 0 aliphatic rings. The average molecular weight is 258 g/mol. The molecule has 0 N–H and O–H groups in total. The van der Waals surface area contributed by atoms with E-state index in [9.17, 15) is 8.42 Å². The maximum Gasteiger partial charge on any atom is 1.00 e. The van der Waals surface area contributed by atoms with Gasteiger partial charge in [0.05, 0.1) is 4.90 Å². The summed E-state index contributed by atoms with van der Waals surface area (Å²) in [5.74, 6) is 0. The summed E-state index contributed by atoms with van der Waals surface area (Å²) in [5.41, 5.74) is 1.59. The zero-order valence-electron chi connectivity index (χ0n) is 8.28. The minimum atomic E-state index is -3.66. The van der Waals surface area contributed by atoms with Crippen molar-refractivity contribution in [3.63, 3.8) is 0 Å². The van der Waals surface area contributed by atoms with E-state index in [1.165, 1.54) is 6.07 Å². The second kappa shape index (κ2) is 5.96. The van der Waals surface area contributed by atoms with Crippen LogP contribution in [-0.2, 0) is 10.0 Å². The molecule has 0 bridgehead atoms. The van der Waals surface area contributed by atoms with Gasteiger partial charge >= 0.3 is 51.4 Å². The molecule has 0 atom stereocenters. The molecule has 0 saturated carbocycles. The van der Waals surface area contributed by atoms with E-state index in [0.717, 1.165) is 5.56 Å². The molecule has 0 aliphatic heterocycles. The summed E-state index contributed by atoms with van der Waals surface area (Å²) >= 11 is 4.99. The number of halogens is 1. The van der Waals surface area contributed by atoms with Crippen LogP contribution < -0.4 is 51.4 Å². The van der Waals surface area contributed by atoms with Crippen molar-refractivity contribution in [2.75, 3.05) is 0 Å². The Balaban J connectivity index is 0.00000169. The first-order valence-corrected chi connectivity index (χ1v) is 5.41. The van der Waals surface area contributed by atoms with Crippen molar-refractivity contribution in [2.24, 2.45) is 0 Å². The Morgan fingerprint density at radius 1 is 1.29 bits per heavy atom. The number of rotatable bonds is 2. The van der Waals surface area contributed by atoms with Crippen molar-refractivity contribution in [2.45, 2.75) is 18.7 Å². The Morgan fingerprint density at radius 2 is 1.86 bits per heavy atom. The summed E-state index contributed by atoms with van der Waals surface area (Å²) < 4.78 is 25.4. The molecule has 3 nitrogen and oxygen atoms in total. The first-order valence-electron chi connectivity index (χ1n) is 3.63. The van der Waals surface area contributed by atoms with Crippen LogP contribution in [0.15, 0.2) is 23.1 Å². The monoisotopic (exact) mass is 257 g/mol. The third-order valence-corrected chi connectivity index (χ3v) is 3.65. The van der Waals surface area contributed by atoms with Gasteiger partial charge in [-0.1, -0.05) is 12.1 Å². The van der Waals surface area contributed by atoms with Gasteiger partial charge in [0, 0.05) is 0 Å². The Hall–Kier alpha value is 1.06. The summed E-state index contributed by atoms with van der Waals surface area (Å²) in [5, 5.41) is 0. The van der Waals surface area contributed by atoms with Crippen LogP contribution in [0.3, 0.4) is 0 Å². The van der Waals surface area contributed by atoms with Crippen LogP contribution in [-0.4, -0.2) is 8.42 Å². The maximum atomic E-state index is 11.3. The normalized spacial score (nSPS) is 10.8. The molecule has 6 heteroatoms. The molecule has 0 aromatic heterocycles. The van der Waals surface area contributed by atoms with Crippen LogP contribution in [0.25, 0.3) is 4.24 Å². The second-order valence-corrected chi connectivity index (χ2v) is 4.68. The molecule has 0 fully saturated rings. The molecule has 1 aromatic carbocycles. The maximum absolute atomic E-state index is 11.3. The van der Waals surface area contributed by atoms with Gasteiger partial charge in [0.15, 0.2) is 0 Å². The fraction of sp³-hybridized carbons (Fsp3) is 0.250. The topological polar surface area (TPSA) is 48.2 Å². The number of nitrogens with zero attached hydrogens (tertiary/aromatic N) is 1. The van der Waals surface area contributed by atoms with Crippen molar-refractivity contribution in [3.05, 3.63) is 33.6 Å². The first kappa shape index (κ1) is 15.1. The molecule has 0 heterocycles. The molecule has 0 radical (unpaired) electrons. The van der Waals surface area contributed by atoms with E-state index in [1.54, 1.807) is 13.0 Å². The van der Waals surface area contributed by atoms with E-state index >= 15 is 0 Å². The van der Waals surface area contributed by atoms with Gasteiger partial charge in [0.1, 0.15) is 10.0 Å². The van der Waals surface area contributed by atoms with Gasteiger partial charge in [-0.25, -0.2) is 8.42 Å². The quantitative estimate of drug-likeness (QED) is 0.673. The fourth-order valence-corrected chi connectivity index (χ4v) is 2.14. The SMILES string of the molecule is Cc1cccc(S(=O)(=O)[N-]Cl)c1C.[K+]. The van der Waals surface area contributed by atoms with E-state index in [4.69, 9.17) is 11.8 Å². The molecule has 0 spiro atoms. The molecule has 1 aromatic rings. The minimum absolute atomic E-state index is 0. The molecule has 0 saturated heterocycles. The predicted molar refractivity (Wildman–Crippen MR) is 52.3 cm³/mol. The Kier molecular flexibility index (Phi) is 6.41. The van der Waals surface area contributed by atoms with Crippen molar-refractivity contribution in [3.8, 4) is 0 Å². The second-order valence-electron chi connectivity index (χ2n) is 2.74. The number of sulfonamides is 1. The number of aryl methyl sites for hydroxylation is 1. The zero-order valence-corrected chi connectivity index (χ0v) is 13.0. The van der Waals surface area contributed by atoms with E-state index < -0.39 is 10.0 Å². The summed E-state index contributed by atoms with van der Waals surface area (Å²) in [7, 11) is -3.66. The van der Waals surface area contributed by atoms with Crippen molar-refractivity contribution in [1.29, 1.82) is 0 Å². The smallest absolute Gasteiger partial charge is 0.458 e.